The van der Waals surface area contributed by atoms with E-state index in [9.17, 15) is 40.5 Å². The molecule has 37 heavy (non-hydrogen) atoms. The molecule has 0 radical (unpaired) electrons. The fraction of sp³-hybridized carbons (Fsp3) is 0.880. The third-order valence-corrected chi connectivity index (χ3v) is 7.88. The van der Waals surface area contributed by atoms with Gasteiger partial charge in [0.15, 0.2) is 12.6 Å². The molecule has 12 nitrogen and oxygen atoms in total. The molecule has 13 unspecified atom stereocenters. The maximum atomic E-state index is 12.0. The molecular formula is C25H42O12. The molecule has 2 heterocycles. The highest BCUT2D eigenvalue weighted by Gasteiger charge is 2.51. The van der Waals surface area contributed by atoms with Crippen LogP contribution < -0.4 is 0 Å². The van der Waals surface area contributed by atoms with E-state index in [1.807, 2.05) is 13.8 Å². The van der Waals surface area contributed by atoms with E-state index in [1.165, 1.54) is 6.92 Å². The van der Waals surface area contributed by atoms with Gasteiger partial charge >= 0.3 is 0 Å². The van der Waals surface area contributed by atoms with E-state index >= 15 is 0 Å². The highest BCUT2D eigenvalue weighted by molar-refractivity contribution is 5.81. The zero-order valence-corrected chi connectivity index (χ0v) is 21.9. The Bertz CT molecular complexity index is 819. The van der Waals surface area contributed by atoms with Crippen molar-refractivity contribution in [3.63, 3.8) is 0 Å². The summed E-state index contributed by atoms with van der Waals surface area (Å²) in [6, 6.07) is 0. The first kappa shape index (κ1) is 30.5. The summed E-state index contributed by atoms with van der Waals surface area (Å²) < 4.78 is 22.2. The number of hydrogen-bond donors (Lipinski definition) is 7. The number of ether oxygens (including phenoxy) is 4. The average molecular weight is 535 g/mol. The maximum absolute atomic E-state index is 12.0. The van der Waals surface area contributed by atoms with Crippen molar-refractivity contribution in [2.45, 2.75) is 121 Å². The normalized spacial score (nSPS) is 47.8. The molecule has 13 atom stereocenters. The summed E-state index contributed by atoms with van der Waals surface area (Å²) in [6.45, 7) is 8.18. The molecule has 0 amide bonds. The maximum Gasteiger partial charge on any atom is 0.187 e. The van der Waals surface area contributed by atoms with Crippen molar-refractivity contribution < 1.29 is 59.5 Å². The van der Waals surface area contributed by atoms with Crippen molar-refractivity contribution >= 4 is 5.78 Å². The molecule has 0 aromatic carbocycles. The van der Waals surface area contributed by atoms with Crippen LogP contribution in [0.2, 0.25) is 0 Å². The van der Waals surface area contributed by atoms with Gasteiger partial charge in [0, 0.05) is 18.3 Å². The molecule has 3 fully saturated rings. The Labute approximate surface area is 216 Å². The summed E-state index contributed by atoms with van der Waals surface area (Å²) in [7, 11) is 0. The van der Waals surface area contributed by atoms with Gasteiger partial charge in [-0.1, -0.05) is 32.9 Å². The molecule has 3 aliphatic rings. The van der Waals surface area contributed by atoms with E-state index in [2.05, 4.69) is 0 Å². The second-order valence-electron chi connectivity index (χ2n) is 11.3. The first-order valence-electron chi connectivity index (χ1n) is 12.7. The molecule has 3 rings (SSSR count). The smallest absolute Gasteiger partial charge is 0.187 e. The van der Waals surface area contributed by atoms with Crippen LogP contribution in [0.1, 0.15) is 47.5 Å². The van der Waals surface area contributed by atoms with Gasteiger partial charge in [0.1, 0.15) is 48.5 Å². The Morgan fingerprint density at radius 2 is 1.54 bits per heavy atom. The molecule has 214 valence electrons. The number of hydrogen-bond acceptors (Lipinski definition) is 12. The lowest BCUT2D eigenvalue weighted by Gasteiger charge is -2.48. The predicted molar refractivity (Wildman–Crippen MR) is 127 cm³/mol. The lowest BCUT2D eigenvalue weighted by molar-refractivity contribution is -0.330. The van der Waals surface area contributed by atoms with Gasteiger partial charge < -0.3 is 54.7 Å². The third-order valence-electron chi connectivity index (χ3n) is 7.88. The summed E-state index contributed by atoms with van der Waals surface area (Å²) >= 11 is 0. The predicted octanol–water partition coefficient (Wildman–Crippen LogP) is -1.64. The monoisotopic (exact) mass is 534 g/mol. The van der Waals surface area contributed by atoms with E-state index in [1.54, 1.807) is 26.0 Å². The highest BCUT2D eigenvalue weighted by Crippen LogP contribution is 2.46. The van der Waals surface area contributed by atoms with Crippen molar-refractivity contribution in [2.24, 2.45) is 11.3 Å². The van der Waals surface area contributed by atoms with Crippen molar-refractivity contribution in [3.05, 3.63) is 12.2 Å². The number of carbonyl (C=O) groups is 1. The van der Waals surface area contributed by atoms with Crippen LogP contribution in [0, 0.1) is 11.3 Å². The van der Waals surface area contributed by atoms with Crippen molar-refractivity contribution in [1.82, 2.24) is 0 Å². The van der Waals surface area contributed by atoms with Gasteiger partial charge in [0.2, 0.25) is 0 Å². The topological polar surface area (TPSA) is 196 Å². The van der Waals surface area contributed by atoms with Gasteiger partial charge in [-0.15, -0.1) is 0 Å². The molecule has 0 aromatic rings. The fourth-order valence-corrected chi connectivity index (χ4v) is 5.31. The summed E-state index contributed by atoms with van der Waals surface area (Å²) in [5.74, 6) is -0.229. The van der Waals surface area contributed by atoms with Gasteiger partial charge in [0.25, 0.3) is 0 Å². The minimum atomic E-state index is -1.64. The van der Waals surface area contributed by atoms with Gasteiger partial charge in [-0.3, -0.25) is 4.79 Å². The van der Waals surface area contributed by atoms with Gasteiger partial charge in [-0.25, -0.2) is 0 Å². The number of rotatable bonds is 7. The van der Waals surface area contributed by atoms with Crippen LogP contribution in [0.15, 0.2) is 12.2 Å². The van der Waals surface area contributed by atoms with Gasteiger partial charge in [-0.05, 0) is 19.8 Å². The summed E-state index contributed by atoms with van der Waals surface area (Å²) in [5.41, 5.74) is -1.97. The third kappa shape index (κ3) is 6.25. The van der Waals surface area contributed by atoms with Crippen LogP contribution in [0.4, 0.5) is 0 Å². The molecule has 0 bridgehead atoms. The van der Waals surface area contributed by atoms with E-state index in [0.717, 1.165) is 0 Å². The first-order chi connectivity index (χ1) is 17.1. The molecule has 1 aliphatic carbocycles. The molecule has 2 saturated heterocycles. The van der Waals surface area contributed by atoms with Crippen LogP contribution >= 0.6 is 0 Å². The number of Topliss-reactive ketones (excluding diaryl/α,β-unsaturated/α-hetero) is 1. The Balaban J connectivity index is 1.63. The first-order valence-corrected chi connectivity index (χ1v) is 12.7. The lowest BCUT2D eigenvalue weighted by Crippen LogP contribution is -2.61. The van der Waals surface area contributed by atoms with Crippen LogP contribution in [0.25, 0.3) is 0 Å². The lowest BCUT2D eigenvalue weighted by atomic mass is 9.60. The number of carbonyl (C=O) groups excluding carboxylic acids is 1. The second kappa shape index (κ2) is 11.6. The van der Waals surface area contributed by atoms with E-state index in [4.69, 9.17) is 18.9 Å². The Kier molecular flexibility index (Phi) is 9.57. The van der Waals surface area contributed by atoms with Crippen molar-refractivity contribution in [2.75, 3.05) is 6.61 Å². The number of ketones is 1. The average Bonchev–Trinajstić information content (AvgIpc) is 2.82. The van der Waals surface area contributed by atoms with Crippen LogP contribution in [0.5, 0.6) is 0 Å². The molecule has 1 saturated carbocycles. The fourth-order valence-electron chi connectivity index (χ4n) is 5.31. The number of aliphatic hydroxyl groups is 7. The Hall–Kier alpha value is -1.03. The quantitative estimate of drug-likeness (QED) is 0.184. The second-order valence-corrected chi connectivity index (χ2v) is 11.3. The molecule has 0 spiro atoms. The zero-order valence-electron chi connectivity index (χ0n) is 21.9. The minimum absolute atomic E-state index is 0.0886. The molecule has 12 heteroatoms. The van der Waals surface area contributed by atoms with Gasteiger partial charge in [0.05, 0.1) is 24.4 Å². The minimum Gasteiger partial charge on any atom is -0.388 e. The summed E-state index contributed by atoms with van der Waals surface area (Å²) in [5, 5.41) is 72.4. The zero-order chi connectivity index (χ0) is 27.9. The summed E-state index contributed by atoms with van der Waals surface area (Å²) in [6.07, 6.45) is -10.9. The van der Waals surface area contributed by atoms with Gasteiger partial charge in [-0.2, -0.15) is 0 Å². The molecule has 2 aliphatic heterocycles. The Morgan fingerprint density at radius 1 is 0.946 bits per heavy atom. The molecular weight excluding hydrogens is 492 g/mol. The highest BCUT2D eigenvalue weighted by atomic mass is 16.7. The Morgan fingerprint density at radius 3 is 2.16 bits per heavy atom. The van der Waals surface area contributed by atoms with E-state index < -0.39 is 85.1 Å². The van der Waals surface area contributed by atoms with Crippen molar-refractivity contribution in [3.8, 4) is 0 Å². The largest absolute Gasteiger partial charge is 0.388 e. The van der Waals surface area contributed by atoms with E-state index in [-0.39, 0.29) is 24.5 Å². The molecule has 7 N–H and O–H groups in total. The van der Waals surface area contributed by atoms with Crippen LogP contribution in [-0.2, 0) is 23.7 Å². The SMILES string of the molecule is CC(/C=C/C1(O)C(C)CC(=O)CC1(C)C)OC1OC(COC2OC(C)C(O)C(O)C2O)C(O)C(O)C1O. The standard InChI is InChI=1S/C25H42O12/c1-11-8-14(26)9-24(4,5)25(11,33)7-6-12(2)35-23-21(32)19(30)17(28)15(37-23)10-34-22-20(31)18(29)16(27)13(3)36-22/h6-7,11-13,15-23,27-33H,8-10H2,1-5H3/b7-6+. The van der Waals surface area contributed by atoms with E-state index in [0.29, 0.717) is 0 Å². The van der Waals surface area contributed by atoms with Crippen LogP contribution in [0.3, 0.4) is 0 Å². The van der Waals surface area contributed by atoms with Crippen molar-refractivity contribution in [1.29, 1.82) is 0 Å². The summed E-state index contributed by atoms with van der Waals surface area (Å²) in [4.78, 5) is 12.0. The molecule has 0 aromatic heterocycles. The van der Waals surface area contributed by atoms with Crippen LogP contribution in [-0.4, -0.2) is 121 Å². The number of aliphatic hydroxyl groups excluding tert-OH is 6.